The fourth-order valence-corrected chi connectivity index (χ4v) is 4.30. The van der Waals surface area contributed by atoms with Crippen LogP contribution in [0.25, 0.3) is 0 Å². The van der Waals surface area contributed by atoms with Crippen LogP contribution in [-0.2, 0) is 19.1 Å². The van der Waals surface area contributed by atoms with Crippen molar-refractivity contribution in [2.45, 2.75) is 40.0 Å². The lowest BCUT2D eigenvalue weighted by Crippen LogP contribution is -2.28. The van der Waals surface area contributed by atoms with Gasteiger partial charge in [-0.25, -0.2) is 0 Å². The van der Waals surface area contributed by atoms with Crippen LogP contribution in [0.5, 0.6) is 11.5 Å². The zero-order valence-electron chi connectivity index (χ0n) is 21.6. The molecule has 37 heavy (non-hydrogen) atoms. The quantitative estimate of drug-likeness (QED) is 0.398. The van der Waals surface area contributed by atoms with Crippen LogP contribution >= 0.6 is 0 Å². The van der Waals surface area contributed by atoms with E-state index >= 15 is 0 Å². The first-order chi connectivity index (χ1) is 17.7. The highest BCUT2D eigenvalue weighted by Crippen LogP contribution is 2.33. The molecule has 0 bridgehead atoms. The Balaban J connectivity index is 1.33. The monoisotopic (exact) mass is 500 g/mol. The van der Waals surface area contributed by atoms with Gasteiger partial charge in [-0.1, -0.05) is 44.2 Å². The normalized spacial score (nSPS) is 15.1. The van der Waals surface area contributed by atoms with Crippen LogP contribution in [0.15, 0.2) is 66.7 Å². The van der Waals surface area contributed by atoms with E-state index in [2.05, 4.69) is 31.3 Å². The molecule has 0 spiro atoms. The maximum atomic E-state index is 12.6. The predicted octanol–water partition coefficient (Wildman–Crippen LogP) is 5.75. The Labute approximate surface area is 217 Å². The smallest absolute Gasteiger partial charge is 0.311 e. The second kappa shape index (κ2) is 11.3. The van der Waals surface area contributed by atoms with E-state index in [0.29, 0.717) is 23.0 Å². The first kappa shape index (κ1) is 25.9. The van der Waals surface area contributed by atoms with E-state index in [1.165, 1.54) is 0 Å². The van der Waals surface area contributed by atoms with Crippen molar-refractivity contribution in [1.82, 2.24) is 0 Å². The molecule has 3 aromatic rings. The van der Waals surface area contributed by atoms with Gasteiger partial charge in [0.2, 0.25) is 5.91 Å². The summed E-state index contributed by atoms with van der Waals surface area (Å²) in [6.45, 7) is 7.95. The van der Waals surface area contributed by atoms with Gasteiger partial charge in [0, 0.05) is 24.3 Å². The lowest BCUT2D eigenvalue weighted by Gasteiger charge is -2.18. The Morgan fingerprint density at radius 1 is 1.03 bits per heavy atom. The first-order valence-electron chi connectivity index (χ1n) is 12.4. The third kappa shape index (κ3) is 6.36. The van der Waals surface area contributed by atoms with Crippen LogP contribution in [0, 0.1) is 19.8 Å². The summed E-state index contributed by atoms with van der Waals surface area (Å²) in [4.78, 5) is 39.0. The number of anilines is 2. The van der Waals surface area contributed by atoms with Gasteiger partial charge in [0.1, 0.15) is 11.5 Å². The maximum absolute atomic E-state index is 12.6. The summed E-state index contributed by atoms with van der Waals surface area (Å²) >= 11 is 0. The third-order valence-corrected chi connectivity index (χ3v) is 6.39. The van der Waals surface area contributed by atoms with Gasteiger partial charge in [-0.3, -0.25) is 14.4 Å². The Hall–Kier alpha value is -4.13. The van der Waals surface area contributed by atoms with Crippen LogP contribution in [0.1, 0.15) is 42.9 Å². The molecule has 0 aromatic heterocycles. The number of benzene rings is 3. The van der Waals surface area contributed by atoms with Crippen LogP contribution in [-0.4, -0.2) is 30.9 Å². The highest BCUT2D eigenvalue weighted by Gasteiger charge is 2.36. The minimum absolute atomic E-state index is 0.0392. The minimum atomic E-state index is -0.629. The summed E-state index contributed by atoms with van der Waals surface area (Å²) < 4.78 is 11.4. The molecule has 1 saturated heterocycles. The molecule has 3 aromatic carbocycles. The van der Waals surface area contributed by atoms with Crippen molar-refractivity contribution >= 4 is 29.2 Å². The van der Waals surface area contributed by atoms with Crippen molar-refractivity contribution < 1.29 is 23.9 Å². The molecule has 4 rings (SSSR count). The predicted molar refractivity (Wildman–Crippen MR) is 143 cm³/mol. The molecule has 2 amide bonds. The molecule has 1 N–H and O–H groups in total. The lowest BCUT2D eigenvalue weighted by molar-refractivity contribution is -0.151. The molecular formula is C30H32N2O5. The van der Waals surface area contributed by atoms with Gasteiger partial charge in [-0.2, -0.15) is 0 Å². The highest BCUT2D eigenvalue weighted by atomic mass is 16.5. The van der Waals surface area contributed by atoms with Crippen molar-refractivity contribution in [3.05, 3.63) is 83.4 Å². The van der Waals surface area contributed by atoms with E-state index in [9.17, 15) is 14.4 Å². The summed E-state index contributed by atoms with van der Waals surface area (Å²) in [5.41, 5.74) is 4.50. The lowest BCUT2D eigenvalue weighted by atomic mass is 10.0. The number of nitrogens with zero attached hydrogens (tertiary/aromatic N) is 1. The molecule has 1 aliphatic heterocycles. The standard InChI is InChI=1S/C30H32N2O5/c1-19(2)25-14-9-20(3)15-27(25)37-24-12-10-23(11-13-24)32-17-22(16-29(32)34)30(35)36-18-28(33)31-26-8-6-5-7-21(26)4/h5-15,19,22H,16-18H2,1-4H3,(H,31,33)/t22-/m1/s1. The Kier molecular flexibility index (Phi) is 7.92. The Morgan fingerprint density at radius 2 is 1.76 bits per heavy atom. The van der Waals surface area contributed by atoms with E-state index in [-0.39, 0.29) is 18.9 Å². The number of nitrogens with one attached hydrogen (secondary N) is 1. The number of ether oxygens (including phenoxy) is 2. The van der Waals surface area contributed by atoms with Crippen LogP contribution in [0.3, 0.4) is 0 Å². The van der Waals surface area contributed by atoms with Crippen molar-refractivity contribution in [3.8, 4) is 11.5 Å². The molecule has 1 aliphatic rings. The Bertz CT molecular complexity index is 1300. The van der Waals surface area contributed by atoms with Gasteiger partial charge < -0.3 is 19.7 Å². The molecule has 1 heterocycles. The first-order valence-corrected chi connectivity index (χ1v) is 12.4. The second-order valence-electron chi connectivity index (χ2n) is 9.67. The van der Waals surface area contributed by atoms with Crippen molar-refractivity contribution in [2.75, 3.05) is 23.4 Å². The number of amides is 2. The van der Waals surface area contributed by atoms with E-state index in [1.54, 1.807) is 23.1 Å². The summed E-state index contributed by atoms with van der Waals surface area (Å²) in [6.07, 6.45) is 0.0392. The molecule has 0 saturated carbocycles. The summed E-state index contributed by atoms with van der Waals surface area (Å²) in [5, 5.41) is 2.73. The van der Waals surface area contributed by atoms with Crippen LogP contribution < -0.4 is 15.0 Å². The average molecular weight is 501 g/mol. The number of carbonyl (C=O) groups is 3. The number of rotatable bonds is 8. The third-order valence-electron chi connectivity index (χ3n) is 6.39. The van der Waals surface area contributed by atoms with E-state index in [4.69, 9.17) is 9.47 Å². The summed E-state index contributed by atoms with van der Waals surface area (Å²) in [7, 11) is 0. The molecule has 192 valence electrons. The van der Waals surface area contributed by atoms with Crippen molar-refractivity contribution in [1.29, 1.82) is 0 Å². The molecule has 1 fully saturated rings. The zero-order valence-corrected chi connectivity index (χ0v) is 21.6. The van der Waals surface area contributed by atoms with Gasteiger partial charge in [0.15, 0.2) is 6.61 Å². The zero-order chi connectivity index (χ0) is 26.5. The van der Waals surface area contributed by atoms with Gasteiger partial charge in [0.25, 0.3) is 5.91 Å². The Morgan fingerprint density at radius 3 is 2.46 bits per heavy atom. The van der Waals surface area contributed by atoms with Gasteiger partial charge in [0.05, 0.1) is 5.92 Å². The molecule has 0 aliphatic carbocycles. The van der Waals surface area contributed by atoms with Crippen molar-refractivity contribution in [2.24, 2.45) is 5.92 Å². The van der Waals surface area contributed by atoms with Gasteiger partial charge in [-0.05, 0) is 72.9 Å². The number of esters is 1. The summed E-state index contributed by atoms with van der Waals surface area (Å²) in [5.74, 6) is 0.0245. The maximum Gasteiger partial charge on any atom is 0.311 e. The topological polar surface area (TPSA) is 84.9 Å². The highest BCUT2D eigenvalue weighted by molar-refractivity contribution is 6.00. The largest absolute Gasteiger partial charge is 0.457 e. The number of carbonyl (C=O) groups excluding carboxylic acids is 3. The van der Waals surface area contributed by atoms with E-state index < -0.39 is 24.4 Å². The molecule has 0 unspecified atom stereocenters. The number of aryl methyl sites for hydroxylation is 2. The van der Waals surface area contributed by atoms with Crippen molar-refractivity contribution in [3.63, 3.8) is 0 Å². The molecule has 0 radical (unpaired) electrons. The average Bonchev–Trinajstić information content (AvgIpc) is 3.26. The molecular weight excluding hydrogens is 468 g/mol. The number of hydrogen-bond donors (Lipinski definition) is 1. The second-order valence-corrected chi connectivity index (χ2v) is 9.67. The van der Waals surface area contributed by atoms with Crippen LogP contribution in [0.2, 0.25) is 0 Å². The van der Waals surface area contributed by atoms with Gasteiger partial charge >= 0.3 is 5.97 Å². The SMILES string of the molecule is Cc1ccc(C(C)C)c(Oc2ccc(N3C[C@H](C(=O)OCC(=O)Nc4ccccc4C)CC3=O)cc2)c1. The van der Waals surface area contributed by atoms with E-state index in [0.717, 1.165) is 22.4 Å². The number of para-hydroxylation sites is 1. The summed E-state index contributed by atoms with van der Waals surface area (Å²) in [6, 6.07) is 20.8. The van der Waals surface area contributed by atoms with E-state index in [1.807, 2.05) is 50.2 Å². The molecule has 7 nitrogen and oxygen atoms in total. The molecule has 7 heteroatoms. The van der Waals surface area contributed by atoms with Crippen LogP contribution in [0.4, 0.5) is 11.4 Å². The van der Waals surface area contributed by atoms with Gasteiger partial charge in [-0.15, -0.1) is 0 Å². The minimum Gasteiger partial charge on any atom is -0.457 e. The molecule has 1 atom stereocenters. The number of hydrogen-bond acceptors (Lipinski definition) is 5. The fraction of sp³-hybridized carbons (Fsp3) is 0.300. The fourth-order valence-electron chi connectivity index (χ4n) is 4.30.